The summed E-state index contributed by atoms with van der Waals surface area (Å²) in [4.78, 5) is 39.9. The topological polar surface area (TPSA) is 75.7 Å². The van der Waals surface area contributed by atoms with E-state index in [2.05, 4.69) is 5.32 Å². The van der Waals surface area contributed by atoms with Crippen molar-refractivity contribution >= 4 is 69.2 Å². The number of ether oxygens (including phenoxy) is 1. The number of thioether (sulfide) groups is 1. The Morgan fingerprint density at radius 3 is 2.62 bits per heavy atom. The first-order valence-corrected chi connectivity index (χ1v) is 10.9. The molecule has 1 N–H and O–H groups in total. The molecule has 0 saturated carbocycles. The number of nitrogens with one attached hydrogen (secondary N) is 1. The van der Waals surface area contributed by atoms with Crippen molar-refractivity contribution < 1.29 is 19.1 Å². The maximum absolute atomic E-state index is 12.7. The van der Waals surface area contributed by atoms with Crippen LogP contribution in [0, 0.1) is 0 Å². The fourth-order valence-electron chi connectivity index (χ4n) is 2.58. The third kappa shape index (κ3) is 4.92. The number of hydrogen-bond acceptors (Lipinski definition) is 7. The summed E-state index contributed by atoms with van der Waals surface area (Å²) in [6, 6.07) is 9.40. The fourth-order valence-corrected chi connectivity index (χ4v) is 4.73. The molecule has 0 spiro atoms. The van der Waals surface area contributed by atoms with Gasteiger partial charge in [-0.25, -0.2) is 4.79 Å². The van der Waals surface area contributed by atoms with E-state index in [1.807, 2.05) is 17.5 Å². The van der Waals surface area contributed by atoms with Crippen molar-refractivity contribution in [2.45, 2.75) is 19.9 Å². The van der Waals surface area contributed by atoms with Crippen LogP contribution in [0.2, 0.25) is 0 Å². The average molecular weight is 447 g/mol. The first-order valence-electron chi connectivity index (χ1n) is 8.79. The first-order chi connectivity index (χ1) is 13.9. The van der Waals surface area contributed by atoms with Crippen LogP contribution in [0.4, 0.5) is 5.69 Å². The Morgan fingerprint density at radius 1 is 1.28 bits per heavy atom. The number of amides is 2. The highest BCUT2D eigenvalue weighted by Gasteiger charge is 2.38. The van der Waals surface area contributed by atoms with Crippen molar-refractivity contribution in [2.75, 3.05) is 11.9 Å². The highest BCUT2D eigenvalue weighted by Crippen LogP contribution is 2.34. The number of esters is 1. The summed E-state index contributed by atoms with van der Waals surface area (Å²) in [6.07, 6.45) is 1.78. The van der Waals surface area contributed by atoms with E-state index >= 15 is 0 Å². The third-order valence-electron chi connectivity index (χ3n) is 4.07. The van der Waals surface area contributed by atoms with Gasteiger partial charge in [0.1, 0.15) is 10.4 Å². The number of carbonyl (C=O) groups is 3. The van der Waals surface area contributed by atoms with Gasteiger partial charge in [-0.2, -0.15) is 0 Å². The van der Waals surface area contributed by atoms with Crippen molar-refractivity contribution in [3.05, 3.63) is 57.1 Å². The number of hydrogen-bond donors (Lipinski definition) is 1. The molecule has 1 aliphatic heterocycles. The Kier molecular flexibility index (Phi) is 6.83. The Balaban J connectivity index is 1.67. The van der Waals surface area contributed by atoms with Gasteiger partial charge in [0.15, 0.2) is 0 Å². The van der Waals surface area contributed by atoms with E-state index in [-0.39, 0.29) is 11.8 Å². The third-order valence-corrected chi connectivity index (χ3v) is 6.22. The smallest absolute Gasteiger partial charge is 0.338 e. The molecule has 6 nitrogen and oxygen atoms in total. The van der Waals surface area contributed by atoms with Crippen LogP contribution in [0.1, 0.15) is 29.1 Å². The van der Waals surface area contributed by atoms with Gasteiger partial charge >= 0.3 is 5.97 Å². The van der Waals surface area contributed by atoms with Gasteiger partial charge in [-0.3, -0.25) is 14.5 Å². The molecule has 1 aromatic heterocycles. The van der Waals surface area contributed by atoms with Gasteiger partial charge in [0.05, 0.1) is 17.1 Å². The number of anilines is 1. The van der Waals surface area contributed by atoms with E-state index in [4.69, 9.17) is 17.0 Å². The van der Waals surface area contributed by atoms with Crippen molar-refractivity contribution in [3.63, 3.8) is 0 Å². The minimum atomic E-state index is -0.776. The predicted octanol–water partition coefficient (Wildman–Crippen LogP) is 4.15. The minimum absolute atomic E-state index is 0.284. The molecule has 150 valence electrons. The lowest BCUT2D eigenvalue weighted by Gasteiger charge is -2.22. The molecule has 29 heavy (non-hydrogen) atoms. The van der Waals surface area contributed by atoms with Crippen LogP contribution < -0.4 is 5.32 Å². The van der Waals surface area contributed by atoms with Crippen LogP contribution >= 0.6 is 35.3 Å². The fraction of sp³-hybridized carbons (Fsp3) is 0.200. The summed E-state index contributed by atoms with van der Waals surface area (Å²) >= 11 is 8.03. The number of thiophene rings is 1. The lowest BCUT2D eigenvalue weighted by molar-refractivity contribution is -0.129. The number of nitrogens with zero attached hydrogens (tertiary/aromatic N) is 1. The molecule has 1 aromatic carbocycles. The number of thiocarbonyl (C=S) groups is 1. The molecule has 1 unspecified atom stereocenters. The molecule has 9 heteroatoms. The molecule has 0 bridgehead atoms. The molecular formula is C20H18N2O4S3. The van der Waals surface area contributed by atoms with Crippen LogP contribution in [0.25, 0.3) is 6.08 Å². The van der Waals surface area contributed by atoms with Crippen LogP contribution in [0.3, 0.4) is 0 Å². The minimum Gasteiger partial charge on any atom is -0.462 e. The lowest BCUT2D eigenvalue weighted by atomic mass is 10.2. The predicted molar refractivity (Wildman–Crippen MR) is 120 cm³/mol. The normalized spacial score (nSPS) is 16.2. The van der Waals surface area contributed by atoms with Crippen molar-refractivity contribution in [3.8, 4) is 0 Å². The summed E-state index contributed by atoms with van der Waals surface area (Å²) in [7, 11) is 0. The Hall–Kier alpha value is -2.49. The zero-order valence-corrected chi connectivity index (χ0v) is 18.2. The largest absolute Gasteiger partial charge is 0.462 e. The van der Waals surface area contributed by atoms with Gasteiger partial charge in [0.2, 0.25) is 5.91 Å². The van der Waals surface area contributed by atoms with Crippen molar-refractivity contribution in [1.29, 1.82) is 0 Å². The van der Waals surface area contributed by atoms with Gasteiger partial charge in [-0.05, 0) is 55.6 Å². The molecular weight excluding hydrogens is 428 g/mol. The van der Waals surface area contributed by atoms with Gasteiger partial charge in [-0.1, -0.05) is 30.0 Å². The van der Waals surface area contributed by atoms with Crippen LogP contribution in [0.15, 0.2) is 46.7 Å². The molecule has 2 heterocycles. The molecule has 1 aliphatic rings. The lowest BCUT2D eigenvalue weighted by Crippen LogP contribution is -2.44. The quantitative estimate of drug-likeness (QED) is 0.408. The molecule has 2 aromatic rings. The second-order valence-electron chi connectivity index (χ2n) is 6.03. The van der Waals surface area contributed by atoms with Gasteiger partial charge in [0.25, 0.3) is 5.91 Å². The molecule has 0 aliphatic carbocycles. The highest BCUT2D eigenvalue weighted by atomic mass is 32.2. The number of benzene rings is 1. The molecule has 0 radical (unpaired) electrons. The molecule has 1 atom stereocenters. The maximum atomic E-state index is 12.7. The van der Waals surface area contributed by atoms with Gasteiger partial charge in [0, 0.05) is 10.6 Å². The first kappa shape index (κ1) is 21.2. The Bertz CT molecular complexity index is 968. The molecule has 1 fully saturated rings. The monoisotopic (exact) mass is 446 g/mol. The van der Waals surface area contributed by atoms with Gasteiger partial charge < -0.3 is 10.1 Å². The van der Waals surface area contributed by atoms with Crippen LogP contribution in [-0.4, -0.2) is 39.7 Å². The number of carbonyl (C=O) groups excluding carboxylic acids is 3. The van der Waals surface area contributed by atoms with Crippen molar-refractivity contribution in [2.24, 2.45) is 0 Å². The van der Waals surface area contributed by atoms with Crippen LogP contribution in [0.5, 0.6) is 0 Å². The van der Waals surface area contributed by atoms with E-state index in [9.17, 15) is 14.4 Å². The van der Waals surface area contributed by atoms with E-state index in [1.165, 1.54) is 28.0 Å². The van der Waals surface area contributed by atoms with E-state index in [0.717, 1.165) is 4.88 Å². The maximum Gasteiger partial charge on any atom is 0.338 e. The summed E-state index contributed by atoms with van der Waals surface area (Å²) in [5.41, 5.74) is 0.906. The summed E-state index contributed by atoms with van der Waals surface area (Å²) in [5.74, 6) is -1.08. The standard InChI is InChI=1S/C20H18N2O4S3/c1-3-26-19(25)13-6-8-14(9-7-13)21-17(23)12(2)22-18(24)16(29-20(22)27)11-15-5-4-10-28-15/h4-12H,3H2,1-2H3,(H,21,23)/b16-11-. The van der Waals surface area contributed by atoms with E-state index < -0.39 is 12.0 Å². The zero-order valence-electron chi connectivity index (χ0n) is 15.7. The van der Waals surface area contributed by atoms with Crippen molar-refractivity contribution in [1.82, 2.24) is 4.90 Å². The second-order valence-corrected chi connectivity index (χ2v) is 8.69. The highest BCUT2D eigenvalue weighted by molar-refractivity contribution is 8.26. The second kappa shape index (κ2) is 9.34. The summed E-state index contributed by atoms with van der Waals surface area (Å²) in [5, 5.41) is 4.67. The number of rotatable bonds is 6. The molecule has 3 rings (SSSR count). The zero-order chi connectivity index (χ0) is 21.0. The Labute approximate surface area is 181 Å². The molecule has 1 saturated heterocycles. The molecule has 2 amide bonds. The summed E-state index contributed by atoms with van der Waals surface area (Å²) < 4.78 is 5.28. The Morgan fingerprint density at radius 2 is 2.00 bits per heavy atom. The van der Waals surface area contributed by atoms with Gasteiger partial charge in [-0.15, -0.1) is 11.3 Å². The van der Waals surface area contributed by atoms with E-state index in [1.54, 1.807) is 44.2 Å². The SMILES string of the molecule is CCOC(=O)c1ccc(NC(=O)C(C)N2C(=O)/C(=C/c3cccs3)SC2=S)cc1. The average Bonchev–Trinajstić information content (AvgIpc) is 3.30. The van der Waals surface area contributed by atoms with E-state index in [0.29, 0.717) is 27.1 Å². The summed E-state index contributed by atoms with van der Waals surface area (Å²) in [6.45, 7) is 3.65. The van der Waals surface area contributed by atoms with Crippen LogP contribution in [-0.2, 0) is 14.3 Å².